The Morgan fingerprint density at radius 2 is 1.62 bits per heavy atom. The maximum atomic E-state index is 12.9. The first-order valence-electron chi connectivity index (χ1n) is 11.0. The number of hydrogen-bond acceptors (Lipinski definition) is 6. The molecule has 0 aliphatic carbocycles. The number of ketones is 2. The van der Waals surface area contributed by atoms with Crippen molar-refractivity contribution in [1.29, 1.82) is 0 Å². The molecule has 1 aliphatic heterocycles. The van der Waals surface area contributed by atoms with Gasteiger partial charge in [-0.15, -0.1) is 0 Å². The summed E-state index contributed by atoms with van der Waals surface area (Å²) >= 11 is 0. The maximum absolute atomic E-state index is 12.9. The number of piperidine rings is 1. The third-order valence-electron chi connectivity index (χ3n) is 6.20. The summed E-state index contributed by atoms with van der Waals surface area (Å²) in [6.45, 7) is 5.53. The van der Waals surface area contributed by atoms with Gasteiger partial charge >= 0.3 is 5.69 Å². The summed E-state index contributed by atoms with van der Waals surface area (Å²) in [5.41, 5.74) is 6.44. The van der Waals surface area contributed by atoms with Crippen LogP contribution in [-0.2, 0) is 20.5 Å². The molecule has 1 fully saturated rings. The first-order chi connectivity index (χ1) is 15.1. The van der Waals surface area contributed by atoms with E-state index >= 15 is 0 Å². The van der Waals surface area contributed by atoms with Crippen molar-refractivity contribution in [2.24, 2.45) is 25.9 Å². The molecule has 8 heteroatoms. The molecule has 0 atom stereocenters. The largest absolute Gasteiger partial charge is 0.384 e. The summed E-state index contributed by atoms with van der Waals surface area (Å²) in [7, 11) is 2.76. The second kappa shape index (κ2) is 9.65. The Balaban J connectivity index is 1.62. The molecule has 0 bridgehead atoms. The average Bonchev–Trinajstić information content (AvgIpc) is 2.76. The van der Waals surface area contributed by atoms with E-state index in [1.54, 1.807) is 0 Å². The molecule has 2 aromatic rings. The van der Waals surface area contributed by atoms with Gasteiger partial charge in [-0.3, -0.25) is 28.4 Å². The van der Waals surface area contributed by atoms with Gasteiger partial charge in [0.2, 0.25) is 0 Å². The molecule has 32 heavy (non-hydrogen) atoms. The lowest BCUT2D eigenvalue weighted by Crippen LogP contribution is -2.44. The fourth-order valence-corrected chi connectivity index (χ4v) is 4.27. The molecule has 172 valence electrons. The zero-order valence-electron chi connectivity index (χ0n) is 19.3. The Labute approximate surface area is 187 Å². The monoisotopic (exact) mass is 440 g/mol. The van der Waals surface area contributed by atoms with Crippen molar-refractivity contribution in [2.45, 2.75) is 33.1 Å². The predicted molar refractivity (Wildman–Crippen MR) is 124 cm³/mol. The highest BCUT2D eigenvalue weighted by atomic mass is 16.2. The number of likely N-dealkylation sites (tertiary alicyclic amines) is 1. The Morgan fingerprint density at radius 3 is 2.19 bits per heavy atom. The molecule has 1 aromatic heterocycles. The van der Waals surface area contributed by atoms with E-state index in [0.29, 0.717) is 31.8 Å². The van der Waals surface area contributed by atoms with Gasteiger partial charge in [-0.25, -0.2) is 4.79 Å². The Bertz CT molecular complexity index is 1120. The Morgan fingerprint density at radius 1 is 1.03 bits per heavy atom. The van der Waals surface area contributed by atoms with Crippen molar-refractivity contribution in [3.8, 4) is 0 Å². The van der Waals surface area contributed by atoms with E-state index in [1.165, 1.54) is 19.7 Å². The predicted octanol–water partition coefficient (Wildman–Crippen LogP) is 1.64. The van der Waals surface area contributed by atoms with E-state index in [-0.39, 0.29) is 29.6 Å². The van der Waals surface area contributed by atoms with Gasteiger partial charge in [0.1, 0.15) is 11.4 Å². The van der Waals surface area contributed by atoms with Crippen LogP contribution < -0.4 is 17.0 Å². The molecule has 1 aliphatic rings. The van der Waals surface area contributed by atoms with E-state index in [9.17, 15) is 19.2 Å². The van der Waals surface area contributed by atoms with Crippen molar-refractivity contribution in [3.05, 3.63) is 61.8 Å². The number of nitrogen functional groups attached to an aromatic ring is 1. The number of nitrogens with zero attached hydrogens (tertiary/aromatic N) is 3. The molecular weight excluding hydrogens is 408 g/mol. The highest BCUT2D eigenvalue weighted by Gasteiger charge is 2.28. The number of nitrogens with two attached hydrogens (primary N) is 1. The van der Waals surface area contributed by atoms with Crippen LogP contribution in [0.1, 0.15) is 53.0 Å². The van der Waals surface area contributed by atoms with Crippen molar-refractivity contribution in [1.82, 2.24) is 14.0 Å². The SMILES string of the molecule is CC(C)Cc1ccc(C(=O)C2CCN(CC(=O)c3c(N)n(C)c(=O)n(C)c3=O)CC2)cc1. The second-order valence-corrected chi connectivity index (χ2v) is 9.10. The lowest BCUT2D eigenvalue weighted by atomic mass is 9.88. The zero-order chi connectivity index (χ0) is 23.6. The van der Waals surface area contributed by atoms with Crippen LogP contribution in [0.15, 0.2) is 33.9 Å². The van der Waals surface area contributed by atoms with Gasteiger partial charge in [-0.2, -0.15) is 0 Å². The summed E-state index contributed by atoms with van der Waals surface area (Å²) in [5.74, 6) is 0.106. The molecule has 2 N–H and O–H groups in total. The summed E-state index contributed by atoms with van der Waals surface area (Å²) in [5, 5.41) is 0. The first kappa shape index (κ1) is 23.7. The normalized spacial score (nSPS) is 15.3. The van der Waals surface area contributed by atoms with Crippen LogP contribution in [0.5, 0.6) is 0 Å². The van der Waals surface area contributed by atoms with Crippen molar-refractivity contribution in [3.63, 3.8) is 0 Å². The molecule has 2 heterocycles. The Hall–Kier alpha value is -3.00. The molecule has 8 nitrogen and oxygen atoms in total. The van der Waals surface area contributed by atoms with E-state index in [2.05, 4.69) is 13.8 Å². The number of carbonyl (C=O) groups excluding carboxylic acids is 2. The number of carbonyl (C=O) groups is 2. The van der Waals surface area contributed by atoms with Crippen LogP contribution in [0, 0.1) is 11.8 Å². The van der Waals surface area contributed by atoms with Crippen LogP contribution in [0.3, 0.4) is 0 Å². The minimum atomic E-state index is -0.679. The summed E-state index contributed by atoms with van der Waals surface area (Å²) in [6.07, 6.45) is 2.30. The van der Waals surface area contributed by atoms with E-state index in [4.69, 9.17) is 5.73 Å². The number of benzene rings is 1. The topological polar surface area (TPSA) is 107 Å². The van der Waals surface area contributed by atoms with Crippen LogP contribution in [0.2, 0.25) is 0 Å². The standard InChI is InChI=1S/C24H32N4O4/c1-15(2)13-16-5-7-17(8-6-16)21(30)18-9-11-28(12-10-18)14-19(29)20-22(25)26(3)24(32)27(4)23(20)31/h5-8,15,18H,9-14,25H2,1-4H3. The number of rotatable bonds is 7. The zero-order valence-corrected chi connectivity index (χ0v) is 19.3. The van der Waals surface area contributed by atoms with Gasteiger partial charge in [-0.1, -0.05) is 38.1 Å². The summed E-state index contributed by atoms with van der Waals surface area (Å²) in [6, 6.07) is 7.88. The van der Waals surface area contributed by atoms with E-state index in [1.807, 2.05) is 29.2 Å². The van der Waals surface area contributed by atoms with E-state index in [0.717, 1.165) is 21.1 Å². The highest BCUT2D eigenvalue weighted by molar-refractivity contribution is 6.01. The lowest BCUT2D eigenvalue weighted by molar-refractivity contribution is 0.0805. The molecule has 0 spiro atoms. The third-order valence-corrected chi connectivity index (χ3v) is 6.20. The van der Waals surface area contributed by atoms with Gasteiger partial charge in [-0.05, 0) is 43.8 Å². The quantitative estimate of drug-likeness (QED) is 0.656. The van der Waals surface area contributed by atoms with Gasteiger partial charge < -0.3 is 5.73 Å². The fraction of sp³-hybridized carbons (Fsp3) is 0.500. The first-order valence-corrected chi connectivity index (χ1v) is 11.0. The number of Topliss-reactive ketones (excluding diaryl/α,β-unsaturated/α-hetero) is 2. The van der Waals surface area contributed by atoms with Crippen LogP contribution in [-0.4, -0.2) is 45.2 Å². The minimum absolute atomic E-state index is 0.0302. The second-order valence-electron chi connectivity index (χ2n) is 9.10. The van der Waals surface area contributed by atoms with Gasteiger partial charge in [0.05, 0.1) is 6.54 Å². The number of hydrogen-bond donors (Lipinski definition) is 1. The van der Waals surface area contributed by atoms with Gasteiger partial charge in [0, 0.05) is 25.6 Å². The van der Waals surface area contributed by atoms with Crippen molar-refractivity contribution in [2.75, 3.05) is 25.4 Å². The molecule has 1 saturated heterocycles. The maximum Gasteiger partial charge on any atom is 0.332 e. The summed E-state index contributed by atoms with van der Waals surface area (Å²) in [4.78, 5) is 52.0. The van der Waals surface area contributed by atoms with E-state index < -0.39 is 17.0 Å². The average molecular weight is 441 g/mol. The fourth-order valence-electron chi connectivity index (χ4n) is 4.27. The van der Waals surface area contributed by atoms with Gasteiger partial charge in [0.25, 0.3) is 5.56 Å². The third kappa shape index (κ3) is 4.91. The van der Waals surface area contributed by atoms with Crippen LogP contribution in [0.25, 0.3) is 0 Å². The molecule has 0 saturated carbocycles. The molecule has 3 rings (SSSR count). The van der Waals surface area contributed by atoms with Crippen LogP contribution >= 0.6 is 0 Å². The number of aromatic nitrogens is 2. The lowest BCUT2D eigenvalue weighted by Gasteiger charge is -2.30. The van der Waals surface area contributed by atoms with Gasteiger partial charge in [0.15, 0.2) is 11.6 Å². The minimum Gasteiger partial charge on any atom is -0.384 e. The van der Waals surface area contributed by atoms with Crippen LogP contribution in [0.4, 0.5) is 5.82 Å². The molecule has 0 radical (unpaired) electrons. The summed E-state index contributed by atoms with van der Waals surface area (Å²) < 4.78 is 1.99. The molecule has 0 amide bonds. The Kier molecular flexibility index (Phi) is 7.13. The highest BCUT2D eigenvalue weighted by Crippen LogP contribution is 2.23. The molecule has 1 aromatic carbocycles. The number of anilines is 1. The molecule has 0 unspecified atom stereocenters. The van der Waals surface area contributed by atoms with Crippen molar-refractivity contribution < 1.29 is 9.59 Å². The molecular formula is C24H32N4O4. The van der Waals surface area contributed by atoms with Crippen molar-refractivity contribution >= 4 is 17.4 Å². The smallest absolute Gasteiger partial charge is 0.332 e.